The monoisotopic (exact) mass is 383 g/mol. The fraction of sp³-hybridized carbons (Fsp3) is 0.571. The van der Waals surface area contributed by atoms with Gasteiger partial charge in [0, 0.05) is 50.3 Å². The molecule has 0 aromatic heterocycles. The van der Waals surface area contributed by atoms with Gasteiger partial charge in [-0.3, -0.25) is 4.90 Å². The van der Waals surface area contributed by atoms with Crippen molar-refractivity contribution in [3.05, 3.63) is 34.3 Å². The zero-order valence-corrected chi connectivity index (χ0v) is 15.1. The second-order valence-electron chi connectivity index (χ2n) is 4.92. The fourth-order valence-electron chi connectivity index (χ4n) is 2.24. The van der Waals surface area contributed by atoms with E-state index in [1.165, 1.54) is 29.7 Å². The number of piperazine rings is 1. The SMILES string of the molecule is CN(CCN1CCNCC1)Cc1ccccc1Br.Cl.Cl. The molecule has 20 heavy (non-hydrogen) atoms. The van der Waals surface area contributed by atoms with Crippen LogP contribution in [0.25, 0.3) is 0 Å². The smallest absolute Gasteiger partial charge is 0.0242 e. The van der Waals surface area contributed by atoms with Gasteiger partial charge in [0.05, 0.1) is 0 Å². The molecule has 0 radical (unpaired) electrons. The molecule has 3 nitrogen and oxygen atoms in total. The molecule has 1 saturated heterocycles. The predicted molar refractivity (Wildman–Crippen MR) is 94.3 cm³/mol. The first-order chi connectivity index (χ1) is 8.75. The molecular weight excluding hydrogens is 361 g/mol. The molecule has 1 aromatic rings. The molecule has 0 saturated carbocycles. The van der Waals surface area contributed by atoms with Gasteiger partial charge >= 0.3 is 0 Å². The third kappa shape index (κ3) is 6.74. The van der Waals surface area contributed by atoms with Crippen LogP contribution in [0, 0.1) is 0 Å². The van der Waals surface area contributed by atoms with Crippen molar-refractivity contribution in [2.45, 2.75) is 6.54 Å². The topological polar surface area (TPSA) is 18.5 Å². The van der Waals surface area contributed by atoms with Crippen LogP contribution in [0.1, 0.15) is 5.56 Å². The van der Waals surface area contributed by atoms with E-state index < -0.39 is 0 Å². The Kier molecular flexibility index (Phi) is 10.9. The summed E-state index contributed by atoms with van der Waals surface area (Å²) in [6.07, 6.45) is 0. The van der Waals surface area contributed by atoms with Crippen LogP contribution in [0.4, 0.5) is 0 Å². The van der Waals surface area contributed by atoms with E-state index in [1.54, 1.807) is 0 Å². The summed E-state index contributed by atoms with van der Waals surface area (Å²) < 4.78 is 1.21. The van der Waals surface area contributed by atoms with Crippen LogP contribution >= 0.6 is 40.7 Å². The highest BCUT2D eigenvalue weighted by Gasteiger charge is 2.10. The van der Waals surface area contributed by atoms with Crippen LogP contribution in [0.15, 0.2) is 28.7 Å². The van der Waals surface area contributed by atoms with E-state index in [0.717, 1.165) is 26.2 Å². The Labute approximate surface area is 143 Å². The zero-order valence-electron chi connectivity index (χ0n) is 11.8. The molecular formula is C14H24BrCl2N3. The second-order valence-corrected chi connectivity index (χ2v) is 5.78. The quantitative estimate of drug-likeness (QED) is 0.841. The molecule has 1 heterocycles. The Morgan fingerprint density at radius 1 is 1.20 bits per heavy atom. The molecule has 0 spiro atoms. The second kappa shape index (κ2) is 10.8. The van der Waals surface area contributed by atoms with Gasteiger partial charge in [-0.05, 0) is 18.7 Å². The highest BCUT2D eigenvalue weighted by molar-refractivity contribution is 9.10. The largest absolute Gasteiger partial charge is 0.314 e. The van der Waals surface area contributed by atoms with E-state index in [4.69, 9.17) is 0 Å². The van der Waals surface area contributed by atoms with Gasteiger partial charge in [0.2, 0.25) is 0 Å². The Bertz CT molecular complexity index is 373. The summed E-state index contributed by atoms with van der Waals surface area (Å²) >= 11 is 3.61. The summed E-state index contributed by atoms with van der Waals surface area (Å²) in [7, 11) is 2.20. The van der Waals surface area contributed by atoms with Crippen molar-refractivity contribution in [3.8, 4) is 0 Å². The summed E-state index contributed by atoms with van der Waals surface area (Å²) in [4.78, 5) is 4.93. The molecule has 1 aliphatic heterocycles. The van der Waals surface area contributed by atoms with Crippen LogP contribution in [-0.4, -0.2) is 56.1 Å². The first-order valence-electron chi connectivity index (χ1n) is 6.61. The number of benzene rings is 1. The summed E-state index contributed by atoms with van der Waals surface area (Å²) in [6, 6.07) is 8.46. The molecule has 2 rings (SSSR count). The molecule has 6 heteroatoms. The summed E-state index contributed by atoms with van der Waals surface area (Å²) in [6.45, 7) is 7.94. The third-order valence-corrected chi connectivity index (χ3v) is 4.18. The van der Waals surface area contributed by atoms with Crippen LogP contribution in [0.5, 0.6) is 0 Å². The van der Waals surface area contributed by atoms with E-state index in [2.05, 4.69) is 62.4 Å². The Morgan fingerprint density at radius 3 is 2.50 bits per heavy atom. The van der Waals surface area contributed by atoms with Gasteiger partial charge in [0.1, 0.15) is 0 Å². The lowest BCUT2D eigenvalue weighted by atomic mass is 10.2. The minimum Gasteiger partial charge on any atom is -0.314 e. The van der Waals surface area contributed by atoms with Gasteiger partial charge < -0.3 is 10.2 Å². The highest BCUT2D eigenvalue weighted by Crippen LogP contribution is 2.17. The van der Waals surface area contributed by atoms with Crippen molar-refractivity contribution in [2.24, 2.45) is 0 Å². The summed E-state index contributed by atoms with van der Waals surface area (Å²) in [5.74, 6) is 0. The molecule has 1 aliphatic rings. The van der Waals surface area contributed by atoms with E-state index in [-0.39, 0.29) is 24.8 Å². The Morgan fingerprint density at radius 2 is 1.85 bits per heavy atom. The van der Waals surface area contributed by atoms with E-state index in [1.807, 2.05) is 0 Å². The third-order valence-electron chi connectivity index (χ3n) is 3.41. The minimum absolute atomic E-state index is 0. The molecule has 0 aliphatic carbocycles. The highest BCUT2D eigenvalue weighted by atomic mass is 79.9. The number of likely N-dealkylation sites (N-methyl/N-ethyl adjacent to an activating group) is 1. The lowest BCUT2D eigenvalue weighted by molar-refractivity contribution is 0.202. The molecule has 1 aromatic carbocycles. The molecule has 0 amide bonds. The van der Waals surface area contributed by atoms with Gasteiger partial charge in [0.25, 0.3) is 0 Å². The van der Waals surface area contributed by atoms with Gasteiger partial charge in [-0.25, -0.2) is 0 Å². The molecule has 0 bridgehead atoms. The lowest BCUT2D eigenvalue weighted by Gasteiger charge is -2.29. The van der Waals surface area contributed by atoms with E-state index in [9.17, 15) is 0 Å². The van der Waals surface area contributed by atoms with Gasteiger partial charge in [-0.2, -0.15) is 0 Å². The van der Waals surface area contributed by atoms with Crippen LogP contribution in [0.3, 0.4) is 0 Å². The Hall–Kier alpha value is 0.160. The first kappa shape index (κ1) is 20.2. The number of nitrogens with zero attached hydrogens (tertiary/aromatic N) is 2. The van der Waals surface area contributed by atoms with Crippen molar-refractivity contribution in [2.75, 3.05) is 46.3 Å². The standard InChI is InChI=1S/C14H22BrN3.2ClH/c1-17(10-11-18-8-6-16-7-9-18)12-13-4-2-3-5-14(13)15;;/h2-5,16H,6-12H2,1H3;2*1H. The minimum atomic E-state index is 0. The fourth-order valence-corrected chi connectivity index (χ4v) is 2.65. The maximum absolute atomic E-state index is 3.61. The Balaban J connectivity index is 0.00000180. The molecule has 1 N–H and O–H groups in total. The van der Waals surface area contributed by atoms with Crippen molar-refractivity contribution >= 4 is 40.7 Å². The van der Waals surface area contributed by atoms with Crippen molar-refractivity contribution < 1.29 is 0 Å². The average molecular weight is 385 g/mol. The van der Waals surface area contributed by atoms with E-state index in [0.29, 0.717) is 0 Å². The number of hydrogen-bond acceptors (Lipinski definition) is 3. The number of rotatable bonds is 5. The van der Waals surface area contributed by atoms with Crippen molar-refractivity contribution in [1.82, 2.24) is 15.1 Å². The number of halogens is 3. The molecule has 0 unspecified atom stereocenters. The maximum atomic E-state index is 3.61. The predicted octanol–water partition coefficient (Wildman–Crippen LogP) is 2.63. The van der Waals surface area contributed by atoms with E-state index >= 15 is 0 Å². The average Bonchev–Trinajstić information content (AvgIpc) is 2.40. The lowest BCUT2D eigenvalue weighted by Crippen LogP contribution is -2.45. The molecule has 116 valence electrons. The van der Waals surface area contributed by atoms with Crippen molar-refractivity contribution in [1.29, 1.82) is 0 Å². The van der Waals surface area contributed by atoms with Gasteiger partial charge in [-0.1, -0.05) is 34.1 Å². The molecule has 0 atom stereocenters. The normalized spacial score (nSPS) is 15.6. The van der Waals surface area contributed by atoms with Gasteiger partial charge in [0.15, 0.2) is 0 Å². The summed E-state index contributed by atoms with van der Waals surface area (Å²) in [5.41, 5.74) is 1.36. The first-order valence-corrected chi connectivity index (χ1v) is 7.40. The zero-order chi connectivity index (χ0) is 12.8. The maximum Gasteiger partial charge on any atom is 0.0242 e. The summed E-state index contributed by atoms with van der Waals surface area (Å²) in [5, 5.41) is 3.39. The van der Waals surface area contributed by atoms with Crippen LogP contribution < -0.4 is 5.32 Å². The van der Waals surface area contributed by atoms with Crippen LogP contribution in [0.2, 0.25) is 0 Å². The van der Waals surface area contributed by atoms with Crippen LogP contribution in [-0.2, 0) is 6.54 Å². The van der Waals surface area contributed by atoms with Gasteiger partial charge in [-0.15, -0.1) is 24.8 Å². The number of hydrogen-bond donors (Lipinski definition) is 1. The number of nitrogens with one attached hydrogen (secondary N) is 1. The molecule has 1 fully saturated rings. The van der Waals surface area contributed by atoms with Crippen molar-refractivity contribution in [3.63, 3.8) is 0 Å².